The van der Waals surface area contributed by atoms with Crippen LogP contribution < -0.4 is 0 Å². The van der Waals surface area contributed by atoms with Gasteiger partial charge in [0.25, 0.3) is 0 Å². The van der Waals surface area contributed by atoms with Crippen molar-refractivity contribution in [2.75, 3.05) is 0 Å². The average molecular weight is 398 g/mol. The first-order valence-corrected chi connectivity index (χ1v) is 13.2. The van der Waals surface area contributed by atoms with Crippen LogP contribution in [-0.4, -0.2) is 11.3 Å². The molecule has 0 saturated carbocycles. The van der Waals surface area contributed by atoms with Gasteiger partial charge in [-0.25, -0.2) is 0 Å². The van der Waals surface area contributed by atoms with Gasteiger partial charge in [0.2, 0.25) is 0 Å². The SMILES string of the molecule is CC(C)[P+]1(C(C)C)Cc2ccc3ccccc3c2-c2c(ccc3ccccc23)C1. The topological polar surface area (TPSA) is 0 Å². The van der Waals surface area contributed by atoms with Gasteiger partial charge in [-0.1, -0.05) is 72.8 Å². The third-order valence-corrected chi connectivity index (χ3v) is 13.2. The standard InChI is InChI=1S/C28H30P/c1-19(2)29(20(3)4)17-23-15-13-21-9-5-7-11-25(21)27(23)28-24(18-29)16-14-22-10-6-8-12-26(22)28/h5-16,19-20H,17-18H2,1-4H3/q+1. The predicted octanol–water partition coefficient (Wildman–Crippen LogP) is 8.51. The Kier molecular flexibility index (Phi) is 4.52. The molecule has 0 amide bonds. The van der Waals surface area contributed by atoms with Crippen molar-refractivity contribution in [3.05, 3.63) is 83.9 Å². The molecule has 146 valence electrons. The molecule has 0 nitrogen and oxygen atoms in total. The lowest BCUT2D eigenvalue weighted by Gasteiger charge is -2.34. The van der Waals surface area contributed by atoms with Crippen molar-refractivity contribution in [2.24, 2.45) is 0 Å². The summed E-state index contributed by atoms with van der Waals surface area (Å²) in [6, 6.07) is 27.5. The average Bonchev–Trinajstić information content (AvgIpc) is 2.89. The summed E-state index contributed by atoms with van der Waals surface area (Å²) < 4.78 is 0. The molecule has 0 radical (unpaired) electrons. The second-order valence-corrected chi connectivity index (χ2v) is 14.2. The smallest absolute Gasteiger partial charge is 0.0616 e. The maximum atomic E-state index is 2.47. The van der Waals surface area contributed by atoms with Gasteiger partial charge in [-0.05, 0) is 71.5 Å². The molecule has 1 heteroatoms. The fourth-order valence-electron chi connectivity index (χ4n) is 5.50. The number of hydrogen-bond acceptors (Lipinski definition) is 0. The molecule has 0 bridgehead atoms. The second kappa shape index (κ2) is 6.96. The van der Waals surface area contributed by atoms with Gasteiger partial charge in [-0.15, -0.1) is 0 Å². The minimum absolute atomic E-state index is 0.735. The van der Waals surface area contributed by atoms with Crippen LogP contribution in [0.15, 0.2) is 72.8 Å². The first kappa shape index (κ1) is 18.8. The van der Waals surface area contributed by atoms with E-state index in [1.807, 2.05) is 0 Å². The van der Waals surface area contributed by atoms with Gasteiger partial charge in [-0.3, -0.25) is 0 Å². The molecule has 29 heavy (non-hydrogen) atoms. The van der Waals surface area contributed by atoms with Crippen molar-refractivity contribution >= 4 is 28.8 Å². The van der Waals surface area contributed by atoms with Crippen molar-refractivity contribution in [1.82, 2.24) is 0 Å². The minimum Gasteiger partial charge on any atom is -0.0616 e. The Labute approximate surface area is 175 Å². The molecule has 0 fully saturated rings. The number of hydrogen-bond donors (Lipinski definition) is 0. The lowest BCUT2D eigenvalue weighted by atomic mass is 9.88. The Morgan fingerprint density at radius 3 is 1.38 bits per heavy atom. The van der Waals surface area contributed by atoms with Crippen LogP contribution in [0.2, 0.25) is 0 Å². The van der Waals surface area contributed by atoms with Gasteiger partial charge in [0, 0.05) is 7.26 Å². The molecule has 4 aromatic carbocycles. The number of fused-ring (bicyclic) bond motifs is 7. The summed E-state index contributed by atoms with van der Waals surface area (Å²) in [5.41, 5.74) is 7.60. The van der Waals surface area contributed by atoms with Crippen molar-refractivity contribution in [3.63, 3.8) is 0 Å². The Bertz CT molecular complexity index is 1120. The molecule has 1 aliphatic heterocycles. The summed E-state index contributed by atoms with van der Waals surface area (Å²) in [4.78, 5) is 0. The molecule has 0 unspecified atom stereocenters. The highest BCUT2D eigenvalue weighted by Crippen LogP contribution is 2.73. The zero-order chi connectivity index (χ0) is 20.2. The molecule has 0 aromatic heterocycles. The van der Waals surface area contributed by atoms with E-state index in [-0.39, 0.29) is 0 Å². The monoisotopic (exact) mass is 397 g/mol. The van der Waals surface area contributed by atoms with Crippen LogP contribution in [0.4, 0.5) is 0 Å². The molecular formula is C28H30P+. The second-order valence-electron chi connectivity index (χ2n) is 9.25. The van der Waals surface area contributed by atoms with Gasteiger partial charge in [0.1, 0.15) is 0 Å². The Hall–Kier alpha value is -2.17. The summed E-state index contributed by atoms with van der Waals surface area (Å²) in [7, 11) is -1.20. The summed E-state index contributed by atoms with van der Waals surface area (Å²) in [6.45, 7) is 9.89. The molecule has 1 heterocycles. The van der Waals surface area contributed by atoms with E-state index in [2.05, 4.69) is 100 Å². The molecule has 4 aromatic rings. The molecule has 5 rings (SSSR count). The van der Waals surface area contributed by atoms with Gasteiger partial charge in [0.05, 0.1) is 23.6 Å². The maximum Gasteiger partial charge on any atom is 0.0857 e. The summed E-state index contributed by atoms with van der Waals surface area (Å²) in [5.74, 6) is 0. The summed E-state index contributed by atoms with van der Waals surface area (Å²) >= 11 is 0. The molecule has 0 atom stereocenters. The largest absolute Gasteiger partial charge is 0.0857 e. The highest BCUT2D eigenvalue weighted by Gasteiger charge is 2.47. The lowest BCUT2D eigenvalue weighted by Crippen LogP contribution is -2.19. The van der Waals surface area contributed by atoms with Crippen LogP contribution in [0.3, 0.4) is 0 Å². The van der Waals surface area contributed by atoms with Crippen molar-refractivity contribution in [2.45, 2.75) is 51.3 Å². The van der Waals surface area contributed by atoms with E-state index in [0.717, 1.165) is 11.3 Å². The van der Waals surface area contributed by atoms with E-state index in [0.29, 0.717) is 0 Å². The maximum absolute atomic E-state index is 2.47. The van der Waals surface area contributed by atoms with Crippen LogP contribution >= 0.6 is 7.26 Å². The van der Waals surface area contributed by atoms with Crippen molar-refractivity contribution in [1.29, 1.82) is 0 Å². The normalized spacial score (nSPS) is 15.5. The quantitative estimate of drug-likeness (QED) is 0.297. The fraction of sp³-hybridized carbons (Fsp3) is 0.286. The van der Waals surface area contributed by atoms with E-state index in [4.69, 9.17) is 0 Å². The Morgan fingerprint density at radius 1 is 0.552 bits per heavy atom. The third kappa shape index (κ3) is 2.84. The molecule has 0 saturated heterocycles. The fourth-order valence-corrected chi connectivity index (χ4v) is 10.1. The third-order valence-electron chi connectivity index (χ3n) is 7.27. The molecule has 0 spiro atoms. The summed E-state index contributed by atoms with van der Waals surface area (Å²) in [6.07, 6.45) is 2.51. The predicted molar refractivity (Wildman–Crippen MR) is 131 cm³/mol. The van der Waals surface area contributed by atoms with Gasteiger partial charge >= 0.3 is 0 Å². The van der Waals surface area contributed by atoms with Gasteiger partial charge in [-0.2, -0.15) is 0 Å². The highest BCUT2D eigenvalue weighted by molar-refractivity contribution is 7.75. The number of rotatable bonds is 2. The van der Waals surface area contributed by atoms with Crippen molar-refractivity contribution < 1.29 is 0 Å². The molecule has 1 aliphatic rings. The zero-order valence-corrected chi connectivity index (χ0v) is 18.8. The van der Waals surface area contributed by atoms with Gasteiger partial charge in [0.15, 0.2) is 0 Å². The first-order valence-electron chi connectivity index (χ1n) is 10.9. The summed E-state index contributed by atoms with van der Waals surface area (Å²) in [5, 5.41) is 5.53. The minimum atomic E-state index is -1.20. The van der Waals surface area contributed by atoms with Crippen LogP contribution in [0.25, 0.3) is 32.7 Å². The van der Waals surface area contributed by atoms with E-state index in [1.54, 1.807) is 11.1 Å². The van der Waals surface area contributed by atoms with E-state index in [9.17, 15) is 0 Å². The zero-order valence-electron chi connectivity index (χ0n) is 17.9. The van der Waals surface area contributed by atoms with Crippen molar-refractivity contribution in [3.8, 4) is 11.1 Å². The molecule has 0 aliphatic carbocycles. The van der Waals surface area contributed by atoms with Crippen LogP contribution in [0, 0.1) is 0 Å². The Balaban J connectivity index is 1.96. The first-order chi connectivity index (χ1) is 14.0. The van der Waals surface area contributed by atoms with E-state index >= 15 is 0 Å². The van der Waals surface area contributed by atoms with Crippen LogP contribution in [0.1, 0.15) is 38.8 Å². The van der Waals surface area contributed by atoms with Crippen LogP contribution in [0.5, 0.6) is 0 Å². The van der Waals surface area contributed by atoms with E-state index < -0.39 is 7.26 Å². The molecular weight excluding hydrogens is 367 g/mol. The van der Waals surface area contributed by atoms with Gasteiger partial charge < -0.3 is 0 Å². The van der Waals surface area contributed by atoms with E-state index in [1.165, 1.54) is 45.0 Å². The number of benzene rings is 4. The Morgan fingerprint density at radius 2 is 0.966 bits per heavy atom. The van der Waals surface area contributed by atoms with Crippen LogP contribution in [-0.2, 0) is 12.3 Å². The molecule has 0 N–H and O–H groups in total. The lowest BCUT2D eigenvalue weighted by molar-refractivity contribution is 0.952. The highest BCUT2D eigenvalue weighted by atomic mass is 31.2.